The standard InChI is InChI=1S/C15H24N2O3/c1-12-4-5-16-7-13(12)8-17-9-14(18)10-19-11-15-3-2-6-20-15/h4-5,7,14-15,17-18H,2-3,6,8-11H2,1H3. The molecule has 5 nitrogen and oxygen atoms in total. The molecule has 1 aromatic heterocycles. The molecule has 0 aromatic carbocycles. The highest BCUT2D eigenvalue weighted by atomic mass is 16.5. The number of aryl methyl sites for hydroxylation is 1. The molecule has 2 rings (SSSR count). The molecule has 0 saturated carbocycles. The molecule has 2 unspecified atom stereocenters. The predicted molar refractivity (Wildman–Crippen MR) is 76.5 cm³/mol. The van der Waals surface area contributed by atoms with E-state index in [0.29, 0.717) is 26.3 Å². The number of rotatable bonds is 8. The fourth-order valence-electron chi connectivity index (χ4n) is 2.23. The van der Waals surface area contributed by atoms with Gasteiger partial charge in [0.15, 0.2) is 0 Å². The summed E-state index contributed by atoms with van der Waals surface area (Å²) in [6.45, 7) is 5.04. The van der Waals surface area contributed by atoms with Crippen LogP contribution >= 0.6 is 0 Å². The molecule has 5 heteroatoms. The van der Waals surface area contributed by atoms with Crippen molar-refractivity contribution < 1.29 is 14.6 Å². The molecule has 1 aliphatic heterocycles. The summed E-state index contributed by atoms with van der Waals surface area (Å²) in [5.41, 5.74) is 2.36. The Labute approximate surface area is 120 Å². The second-order valence-corrected chi connectivity index (χ2v) is 5.26. The van der Waals surface area contributed by atoms with Crippen LogP contribution in [0.3, 0.4) is 0 Å². The van der Waals surface area contributed by atoms with Crippen LogP contribution in [0.2, 0.25) is 0 Å². The Morgan fingerprint density at radius 2 is 2.50 bits per heavy atom. The number of hydrogen-bond acceptors (Lipinski definition) is 5. The van der Waals surface area contributed by atoms with Crippen molar-refractivity contribution in [3.05, 3.63) is 29.6 Å². The van der Waals surface area contributed by atoms with Gasteiger partial charge in [-0.05, 0) is 37.0 Å². The predicted octanol–water partition coefficient (Wildman–Crippen LogP) is 1.04. The van der Waals surface area contributed by atoms with Gasteiger partial charge >= 0.3 is 0 Å². The molecule has 0 amide bonds. The molecule has 2 N–H and O–H groups in total. The summed E-state index contributed by atoms with van der Waals surface area (Å²) in [4.78, 5) is 4.10. The first-order valence-electron chi connectivity index (χ1n) is 7.23. The number of hydrogen-bond donors (Lipinski definition) is 2. The molecule has 0 bridgehead atoms. The summed E-state index contributed by atoms with van der Waals surface area (Å²) >= 11 is 0. The third kappa shape index (κ3) is 5.17. The van der Waals surface area contributed by atoms with Crippen molar-refractivity contribution in [2.75, 3.05) is 26.4 Å². The second kappa shape index (κ2) is 8.32. The molecule has 1 aliphatic rings. The topological polar surface area (TPSA) is 63.6 Å². The molecule has 1 aromatic rings. The molecule has 2 heterocycles. The van der Waals surface area contributed by atoms with Crippen molar-refractivity contribution in [3.63, 3.8) is 0 Å². The Kier molecular flexibility index (Phi) is 6.39. The molecule has 2 atom stereocenters. The maximum atomic E-state index is 9.83. The molecule has 0 spiro atoms. The van der Waals surface area contributed by atoms with Gasteiger partial charge in [0, 0.05) is 32.1 Å². The van der Waals surface area contributed by atoms with Crippen molar-refractivity contribution in [1.29, 1.82) is 0 Å². The van der Waals surface area contributed by atoms with E-state index in [0.717, 1.165) is 25.0 Å². The Bertz CT molecular complexity index is 394. The van der Waals surface area contributed by atoms with Crippen LogP contribution in [0, 0.1) is 6.92 Å². The summed E-state index contributed by atoms with van der Waals surface area (Å²) in [6, 6.07) is 1.98. The largest absolute Gasteiger partial charge is 0.389 e. The lowest BCUT2D eigenvalue weighted by atomic mass is 10.1. The van der Waals surface area contributed by atoms with E-state index in [4.69, 9.17) is 9.47 Å². The fourth-order valence-corrected chi connectivity index (χ4v) is 2.23. The van der Waals surface area contributed by atoms with Crippen molar-refractivity contribution >= 4 is 0 Å². The third-order valence-corrected chi connectivity index (χ3v) is 3.48. The van der Waals surface area contributed by atoms with Crippen LogP contribution in [0.1, 0.15) is 24.0 Å². The van der Waals surface area contributed by atoms with E-state index >= 15 is 0 Å². The van der Waals surface area contributed by atoms with Gasteiger partial charge in [-0.25, -0.2) is 0 Å². The van der Waals surface area contributed by atoms with E-state index in [9.17, 15) is 5.11 Å². The summed E-state index contributed by atoms with van der Waals surface area (Å²) < 4.78 is 10.9. The SMILES string of the molecule is Cc1ccncc1CNCC(O)COCC1CCCO1. The molecule has 112 valence electrons. The third-order valence-electron chi connectivity index (χ3n) is 3.48. The van der Waals surface area contributed by atoms with E-state index in [1.165, 1.54) is 5.56 Å². The summed E-state index contributed by atoms with van der Waals surface area (Å²) in [5.74, 6) is 0. The zero-order valence-corrected chi connectivity index (χ0v) is 12.0. The summed E-state index contributed by atoms with van der Waals surface area (Å²) in [6.07, 6.45) is 5.54. The van der Waals surface area contributed by atoms with Gasteiger partial charge < -0.3 is 19.9 Å². The van der Waals surface area contributed by atoms with Crippen LogP contribution < -0.4 is 5.32 Å². The zero-order valence-electron chi connectivity index (χ0n) is 12.0. The lowest BCUT2D eigenvalue weighted by Crippen LogP contribution is -2.31. The first kappa shape index (κ1) is 15.4. The highest BCUT2D eigenvalue weighted by Gasteiger charge is 2.16. The van der Waals surface area contributed by atoms with Gasteiger partial charge in [-0.15, -0.1) is 0 Å². The number of nitrogens with zero attached hydrogens (tertiary/aromatic N) is 1. The van der Waals surface area contributed by atoms with Crippen LogP contribution in [-0.4, -0.2) is 48.7 Å². The number of ether oxygens (including phenoxy) is 2. The van der Waals surface area contributed by atoms with Crippen molar-refractivity contribution in [1.82, 2.24) is 10.3 Å². The number of nitrogens with one attached hydrogen (secondary N) is 1. The Morgan fingerprint density at radius 3 is 3.25 bits per heavy atom. The maximum Gasteiger partial charge on any atom is 0.0897 e. The van der Waals surface area contributed by atoms with Gasteiger partial charge in [0.1, 0.15) is 0 Å². The van der Waals surface area contributed by atoms with Crippen molar-refractivity contribution in [2.24, 2.45) is 0 Å². The van der Waals surface area contributed by atoms with Crippen LogP contribution in [-0.2, 0) is 16.0 Å². The highest BCUT2D eigenvalue weighted by Crippen LogP contribution is 2.11. The minimum atomic E-state index is -0.492. The minimum Gasteiger partial charge on any atom is -0.389 e. The molecular weight excluding hydrogens is 256 g/mol. The molecule has 20 heavy (non-hydrogen) atoms. The molecule has 0 aliphatic carbocycles. The molecule has 1 saturated heterocycles. The van der Waals surface area contributed by atoms with Crippen LogP contribution in [0.25, 0.3) is 0 Å². The second-order valence-electron chi connectivity index (χ2n) is 5.26. The molecule has 1 fully saturated rings. The van der Waals surface area contributed by atoms with Gasteiger partial charge in [0.25, 0.3) is 0 Å². The average Bonchev–Trinajstić information content (AvgIpc) is 2.94. The summed E-state index contributed by atoms with van der Waals surface area (Å²) in [5, 5.41) is 13.0. The average molecular weight is 280 g/mol. The maximum absolute atomic E-state index is 9.83. The minimum absolute atomic E-state index is 0.216. The normalized spacial score (nSPS) is 20.2. The van der Waals surface area contributed by atoms with Gasteiger partial charge in [0.05, 0.1) is 25.4 Å². The first-order chi connectivity index (χ1) is 9.75. The van der Waals surface area contributed by atoms with E-state index in [1.807, 2.05) is 12.3 Å². The highest BCUT2D eigenvalue weighted by molar-refractivity contribution is 5.20. The van der Waals surface area contributed by atoms with Gasteiger partial charge in [0.2, 0.25) is 0 Å². The first-order valence-corrected chi connectivity index (χ1v) is 7.23. The lowest BCUT2D eigenvalue weighted by Gasteiger charge is -2.15. The van der Waals surface area contributed by atoms with E-state index in [2.05, 4.69) is 17.2 Å². The van der Waals surface area contributed by atoms with E-state index < -0.39 is 6.10 Å². The van der Waals surface area contributed by atoms with Crippen LogP contribution in [0.4, 0.5) is 0 Å². The van der Waals surface area contributed by atoms with Crippen LogP contribution in [0.5, 0.6) is 0 Å². The number of pyridine rings is 1. The summed E-state index contributed by atoms with van der Waals surface area (Å²) in [7, 11) is 0. The van der Waals surface area contributed by atoms with Crippen molar-refractivity contribution in [2.45, 2.75) is 38.5 Å². The lowest BCUT2D eigenvalue weighted by molar-refractivity contribution is -0.0164. The van der Waals surface area contributed by atoms with Crippen LogP contribution in [0.15, 0.2) is 18.5 Å². The smallest absolute Gasteiger partial charge is 0.0897 e. The number of aromatic nitrogens is 1. The van der Waals surface area contributed by atoms with Gasteiger partial charge in [-0.2, -0.15) is 0 Å². The van der Waals surface area contributed by atoms with Gasteiger partial charge in [-0.3, -0.25) is 4.98 Å². The quantitative estimate of drug-likeness (QED) is 0.745. The monoisotopic (exact) mass is 280 g/mol. The van der Waals surface area contributed by atoms with Crippen molar-refractivity contribution in [3.8, 4) is 0 Å². The van der Waals surface area contributed by atoms with E-state index in [1.54, 1.807) is 6.20 Å². The Balaban J connectivity index is 1.55. The fraction of sp³-hybridized carbons (Fsp3) is 0.667. The van der Waals surface area contributed by atoms with Gasteiger partial charge in [-0.1, -0.05) is 0 Å². The molecule has 0 radical (unpaired) electrons. The molecular formula is C15H24N2O3. The Morgan fingerprint density at radius 1 is 1.60 bits per heavy atom. The zero-order chi connectivity index (χ0) is 14.2. The van der Waals surface area contributed by atoms with E-state index in [-0.39, 0.29) is 6.10 Å². The number of aliphatic hydroxyl groups is 1. The number of aliphatic hydroxyl groups excluding tert-OH is 1. The Hall–Kier alpha value is -1.01.